The lowest BCUT2D eigenvalue weighted by atomic mass is 9.93. The normalized spacial score (nSPS) is 20.1. The largest absolute Gasteiger partial charge is 0.368 e. The molecule has 4 rings (SSSR count). The zero-order chi connectivity index (χ0) is 16.7. The molecule has 0 aromatic carbocycles. The average molecular weight is 342 g/mol. The van der Waals surface area contributed by atoms with E-state index in [9.17, 15) is 4.79 Å². The van der Waals surface area contributed by atoms with Crippen molar-refractivity contribution in [3.8, 4) is 0 Å². The van der Waals surface area contributed by atoms with Crippen molar-refractivity contribution in [2.75, 3.05) is 13.2 Å². The first kappa shape index (κ1) is 15.3. The summed E-state index contributed by atoms with van der Waals surface area (Å²) < 4.78 is 5.99. The first-order valence-corrected chi connectivity index (χ1v) is 8.75. The smallest absolute Gasteiger partial charge is 0.270 e. The third-order valence-electron chi connectivity index (χ3n) is 4.39. The summed E-state index contributed by atoms with van der Waals surface area (Å²) in [4.78, 5) is 25.6. The van der Waals surface area contributed by atoms with Gasteiger partial charge in [0, 0.05) is 17.5 Å². The van der Waals surface area contributed by atoms with Gasteiger partial charge in [-0.1, -0.05) is 0 Å². The van der Waals surface area contributed by atoms with Crippen LogP contribution >= 0.6 is 11.3 Å². The minimum absolute atomic E-state index is 0.211. The molecule has 1 unspecified atom stereocenters. The molecule has 0 spiro atoms. The van der Waals surface area contributed by atoms with Gasteiger partial charge in [-0.2, -0.15) is 0 Å². The second-order valence-corrected chi connectivity index (χ2v) is 7.13. The predicted molar refractivity (Wildman–Crippen MR) is 92.3 cm³/mol. The molecule has 24 heavy (non-hydrogen) atoms. The van der Waals surface area contributed by atoms with Crippen LogP contribution in [0.25, 0.3) is 11.0 Å². The van der Waals surface area contributed by atoms with Gasteiger partial charge in [0.15, 0.2) is 0 Å². The Balaban J connectivity index is 1.58. The molecule has 0 aliphatic carbocycles. The van der Waals surface area contributed by atoms with Crippen molar-refractivity contribution in [1.82, 2.24) is 20.3 Å². The number of fused-ring (bicyclic) bond motifs is 2. The summed E-state index contributed by atoms with van der Waals surface area (Å²) in [7, 11) is 0. The molecule has 1 amide bonds. The Hall–Kier alpha value is -2.25. The molecule has 7 heteroatoms. The summed E-state index contributed by atoms with van der Waals surface area (Å²) in [6, 6.07) is 3.91. The van der Waals surface area contributed by atoms with Crippen molar-refractivity contribution in [2.45, 2.75) is 25.9 Å². The molecule has 0 saturated heterocycles. The number of ether oxygens (including phenoxy) is 1. The molecule has 1 aliphatic rings. The fraction of sp³-hybridized carbons (Fsp3) is 0.353. The van der Waals surface area contributed by atoms with Crippen LogP contribution in [-0.2, 0) is 16.8 Å². The zero-order valence-electron chi connectivity index (χ0n) is 13.5. The van der Waals surface area contributed by atoms with Crippen molar-refractivity contribution in [3.05, 3.63) is 45.7 Å². The van der Waals surface area contributed by atoms with E-state index in [-0.39, 0.29) is 5.91 Å². The van der Waals surface area contributed by atoms with E-state index in [0.29, 0.717) is 30.3 Å². The number of nitrogens with one attached hydrogen (secondary N) is 2. The summed E-state index contributed by atoms with van der Waals surface area (Å²) in [5.41, 5.74) is 1.74. The minimum atomic E-state index is -0.497. The third kappa shape index (κ3) is 2.50. The summed E-state index contributed by atoms with van der Waals surface area (Å²) in [5.74, 6) is 0.354. The van der Waals surface area contributed by atoms with Crippen molar-refractivity contribution in [3.63, 3.8) is 0 Å². The first-order chi connectivity index (χ1) is 11.6. The van der Waals surface area contributed by atoms with E-state index in [4.69, 9.17) is 4.74 Å². The molecule has 1 atom stereocenters. The lowest BCUT2D eigenvalue weighted by molar-refractivity contribution is -0.0426. The topological polar surface area (TPSA) is 79.9 Å². The number of aromatic amines is 1. The Labute approximate surface area is 143 Å². The Morgan fingerprint density at radius 2 is 2.33 bits per heavy atom. The predicted octanol–water partition coefficient (Wildman–Crippen LogP) is 2.55. The number of amides is 1. The Bertz CT molecular complexity index is 916. The molecule has 4 heterocycles. The van der Waals surface area contributed by atoms with E-state index in [1.807, 2.05) is 13.0 Å². The van der Waals surface area contributed by atoms with Crippen LogP contribution in [0.3, 0.4) is 0 Å². The number of H-pyrrole nitrogens is 1. The fourth-order valence-electron chi connectivity index (χ4n) is 3.16. The van der Waals surface area contributed by atoms with Crippen LogP contribution in [0.4, 0.5) is 0 Å². The maximum Gasteiger partial charge on any atom is 0.270 e. The molecule has 3 aromatic heterocycles. The van der Waals surface area contributed by atoms with Gasteiger partial charge in [0.25, 0.3) is 5.91 Å². The molecule has 3 aromatic rings. The number of nitrogens with zero attached hydrogens (tertiary/aromatic N) is 2. The van der Waals surface area contributed by atoms with Gasteiger partial charge >= 0.3 is 0 Å². The SMILES string of the molecule is Cc1nc(C(=O)NCC2(C)OCCc3sccc32)c2cc[nH]c2n1. The van der Waals surface area contributed by atoms with Gasteiger partial charge in [-0.3, -0.25) is 4.79 Å². The molecule has 1 aliphatic heterocycles. The Morgan fingerprint density at radius 1 is 1.46 bits per heavy atom. The number of aromatic nitrogens is 3. The molecule has 0 radical (unpaired) electrons. The summed E-state index contributed by atoms with van der Waals surface area (Å²) in [6.45, 7) is 4.88. The lowest BCUT2D eigenvalue weighted by Gasteiger charge is -2.34. The summed E-state index contributed by atoms with van der Waals surface area (Å²) >= 11 is 1.75. The fourth-order valence-corrected chi connectivity index (χ4v) is 4.14. The molecule has 124 valence electrons. The first-order valence-electron chi connectivity index (χ1n) is 7.87. The number of hydrogen-bond donors (Lipinski definition) is 2. The minimum Gasteiger partial charge on any atom is -0.368 e. The maximum absolute atomic E-state index is 12.7. The van der Waals surface area contributed by atoms with Gasteiger partial charge in [0.2, 0.25) is 0 Å². The summed E-state index contributed by atoms with van der Waals surface area (Å²) in [5, 5.41) is 5.79. The highest BCUT2D eigenvalue weighted by molar-refractivity contribution is 7.10. The van der Waals surface area contributed by atoms with E-state index in [1.165, 1.54) is 10.4 Å². The standard InChI is InChI=1S/C17H18N4O2S/c1-10-20-14(11-3-6-18-15(11)21-10)16(22)19-9-17(2)12-5-8-24-13(12)4-7-23-17/h3,5-6,8H,4,7,9H2,1-2H3,(H,19,22)(H,18,20,21). The van der Waals surface area contributed by atoms with Gasteiger partial charge in [-0.05, 0) is 36.9 Å². The van der Waals surface area contributed by atoms with Crippen LogP contribution in [-0.4, -0.2) is 34.0 Å². The molecule has 6 nitrogen and oxygen atoms in total. The van der Waals surface area contributed by atoms with Crippen molar-refractivity contribution in [2.24, 2.45) is 0 Å². The number of carbonyl (C=O) groups is 1. The maximum atomic E-state index is 12.7. The van der Waals surface area contributed by atoms with Crippen LogP contribution < -0.4 is 5.32 Å². The zero-order valence-corrected chi connectivity index (χ0v) is 14.4. The van der Waals surface area contributed by atoms with E-state index >= 15 is 0 Å². The average Bonchev–Trinajstić information content (AvgIpc) is 3.21. The van der Waals surface area contributed by atoms with Crippen molar-refractivity contribution in [1.29, 1.82) is 0 Å². The quantitative estimate of drug-likeness (QED) is 0.766. The molecule has 0 fully saturated rings. The van der Waals surface area contributed by atoms with Gasteiger partial charge in [0.1, 0.15) is 22.8 Å². The van der Waals surface area contributed by atoms with E-state index < -0.39 is 5.60 Å². The van der Waals surface area contributed by atoms with Gasteiger partial charge in [-0.15, -0.1) is 11.3 Å². The van der Waals surface area contributed by atoms with Gasteiger partial charge < -0.3 is 15.0 Å². The van der Waals surface area contributed by atoms with Crippen LogP contribution in [0.1, 0.15) is 33.7 Å². The van der Waals surface area contributed by atoms with E-state index in [1.54, 1.807) is 24.5 Å². The van der Waals surface area contributed by atoms with Crippen molar-refractivity contribution >= 4 is 28.3 Å². The van der Waals surface area contributed by atoms with Gasteiger partial charge in [-0.25, -0.2) is 9.97 Å². The van der Waals surface area contributed by atoms with Crippen molar-refractivity contribution < 1.29 is 9.53 Å². The highest BCUT2D eigenvalue weighted by Gasteiger charge is 2.34. The molecule has 0 saturated carbocycles. The highest BCUT2D eigenvalue weighted by atomic mass is 32.1. The number of hydrogen-bond acceptors (Lipinski definition) is 5. The van der Waals surface area contributed by atoms with Crippen LogP contribution in [0.5, 0.6) is 0 Å². The second-order valence-electron chi connectivity index (χ2n) is 6.13. The van der Waals surface area contributed by atoms with E-state index in [0.717, 1.165) is 11.8 Å². The van der Waals surface area contributed by atoms with Crippen LogP contribution in [0, 0.1) is 6.92 Å². The lowest BCUT2D eigenvalue weighted by Crippen LogP contribution is -2.43. The molecule has 2 N–H and O–H groups in total. The van der Waals surface area contributed by atoms with E-state index in [2.05, 4.69) is 31.7 Å². The number of carbonyl (C=O) groups excluding carboxylic acids is 1. The molecular weight excluding hydrogens is 324 g/mol. The van der Waals surface area contributed by atoms with Crippen LogP contribution in [0.2, 0.25) is 0 Å². The van der Waals surface area contributed by atoms with Gasteiger partial charge in [0.05, 0.1) is 18.5 Å². The highest BCUT2D eigenvalue weighted by Crippen LogP contribution is 2.35. The summed E-state index contributed by atoms with van der Waals surface area (Å²) in [6.07, 6.45) is 2.70. The Kier molecular flexibility index (Phi) is 3.62. The third-order valence-corrected chi connectivity index (χ3v) is 5.37. The Morgan fingerprint density at radius 3 is 3.21 bits per heavy atom. The number of aryl methyl sites for hydroxylation is 1. The monoisotopic (exact) mass is 342 g/mol. The number of thiophene rings is 1. The molecular formula is C17H18N4O2S. The molecule has 0 bridgehead atoms. The second kappa shape index (κ2) is 5.68. The van der Waals surface area contributed by atoms with Crippen LogP contribution in [0.15, 0.2) is 23.7 Å². The number of rotatable bonds is 3.